The second kappa shape index (κ2) is 6.42. The molecule has 0 saturated heterocycles. The van der Waals surface area contributed by atoms with E-state index < -0.39 is 5.97 Å². The van der Waals surface area contributed by atoms with Gasteiger partial charge in [-0.25, -0.2) is 4.79 Å². The molecule has 1 aromatic rings. The van der Waals surface area contributed by atoms with Crippen molar-refractivity contribution in [2.24, 2.45) is 0 Å². The lowest BCUT2D eigenvalue weighted by Gasteiger charge is -2.13. The smallest absolute Gasteiger partial charge is 0.341 e. The molecule has 0 aliphatic heterocycles. The van der Waals surface area contributed by atoms with Crippen LogP contribution in [0.1, 0.15) is 0 Å². The van der Waals surface area contributed by atoms with E-state index in [0.29, 0.717) is 11.5 Å². The molecule has 1 N–H and O–H groups in total. The highest BCUT2D eigenvalue weighted by molar-refractivity contribution is 14.1. The molecule has 1 aromatic carbocycles. The Bertz CT molecular complexity index is 420. The molecule has 0 heterocycles. The molecule has 4 nitrogen and oxygen atoms in total. The summed E-state index contributed by atoms with van der Waals surface area (Å²) in [4.78, 5) is 10.5. The summed E-state index contributed by atoms with van der Waals surface area (Å²) in [7, 11) is 1.58. The Labute approximate surface area is 133 Å². The summed E-state index contributed by atoms with van der Waals surface area (Å²) in [5.74, 6) is 0.270. The topological polar surface area (TPSA) is 55.8 Å². The first-order valence-electron chi connectivity index (χ1n) is 4.03. The van der Waals surface area contributed by atoms with Crippen molar-refractivity contribution in [2.45, 2.75) is 0 Å². The van der Waals surface area contributed by atoms with E-state index in [9.17, 15) is 4.79 Å². The monoisotopic (exact) mass is 560 g/mol. The number of hydrogen-bond acceptors (Lipinski definition) is 3. The SMILES string of the molecule is COc1c(I)cc(I)c(OCC(=O)O)c1I. The molecule has 0 fully saturated rings. The highest BCUT2D eigenvalue weighted by Gasteiger charge is 2.16. The van der Waals surface area contributed by atoms with Crippen LogP contribution in [0.4, 0.5) is 0 Å². The first kappa shape index (κ1) is 14.5. The molecule has 0 amide bonds. The molecule has 0 bridgehead atoms. The van der Waals surface area contributed by atoms with Gasteiger partial charge in [-0.15, -0.1) is 0 Å². The second-order valence-electron chi connectivity index (χ2n) is 2.70. The molecule has 0 aromatic heterocycles. The highest BCUT2D eigenvalue weighted by Crippen LogP contribution is 2.38. The van der Waals surface area contributed by atoms with Crippen LogP contribution in [0.3, 0.4) is 0 Å². The van der Waals surface area contributed by atoms with E-state index in [1.54, 1.807) is 7.11 Å². The first-order chi connectivity index (χ1) is 7.47. The largest absolute Gasteiger partial charge is 0.494 e. The fourth-order valence-corrected chi connectivity index (χ4v) is 5.13. The van der Waals surface area contributed by atoms with Crippen LogP contribution in [0.15, 0.2) is 6.07 Å². The Hall–Kier alpha value is 0.480. The molecule has 7 heteroatoms. The van der Waals surface area contributed by atoms with Crippen molar-refractivity contribution in [3.05, 3.63) is 16.8 Å². The van der Waals surface area contributed by atoms with Crippen molar-refractivity contribution in [1.29, 1.82) is 0 Å². The summed E-state index contributed by atoms with van der Waals surface area (Å²) < 4.78 is 13.1. The van der Waals surface area contributed by atoms with Gasteiger partial charge in [-0.2, -0.15) is 0 Å². The summed E-state index contributed by atoms with van der Waals surface area (Å²) in [6.45, 7) is -0.351. The maximum absolute atomic E-state index is 10.5. The number of carboxylic acids is 1. The lowest BCUT2D eigenvalue weighted by Crippen LogP contribution is -2.11. The molecule has 0 spiro atoms. The minimum absolute atomic E-state index is 0.351. The number of aliphatic carboxylic acids is 1. The van der Waals surface area contributed by atoms with Crippen molar-refractivity contribution in [1.82, 2.24) is 0 Å². The molecule has 0 radical (unpaired) electrons. The number of ether oxygens (including phenoxy) is 2. The lowest BCUT2D eigenvalue weighted by atomic mass is 10.3. The van der Waals surface area contributed by atoms with Crippen molar-refractivity contribution in [3.63, 3.8) is 0 Å². The Balaban J connectivity index is 3.12. The van der Waals surface area contributed by atoms with E-state index in [2.05, 4.69) is 67.8 Å². The van der Waals surface area contributed by atoms with E-state index in [4.69, 9.17) is 14.6 Å². The molecule has 0 saturated carbocycles. The molecular formula is C9H7I3O4. The van der Waals surface area contributed by atoms with Gasteiger partial charge >= 0.3 is 5.97 Å². The van der Waals surface area contributed by atoms with Crippen LogP contribution < -0.4 is 9.47 Å². The van der Waals surface area contributed by atoms with E-state index >= 15 is 0 Å². The maximum Gasteiger partial charge on any atom is 0.341 e. The molecule has 16 heavy (non-hydrogen) atoms. The Morgan fingerprint density at radius 2 is 1.88 bits per heavy atom. The molecule has 0 unspecified atom stereocenters. The molecule has 88 valence electrons. The van der Waals surface area contributed by atoms with Crippen LogP contribution in [0.2, 0.25) is 0 Å². The van der Waals surface area contributed by atoms with Gasteiger partial charge in [0.2, 0.25) is 0 Å². The molecule has 0 atom stereocenters. The van der Waals surface area contributed by atoms with Gasteiger partial charge in [-0.1, -0.05) is 0 Å². The Morgan fingerprint density at radius 3 is 2.38 bits per heavy atom. The zero-order valence-corrected chi connectivity index (χ0v) is 14.6. The number of halogens is 3. The average Bonchev–Trinajstić information content (AvgIpc) is 2.16. The van der Waals surface area contributed by atoms with E-state index in [0.717, 1.165) is 10.7 Å². The molecule has 0 aliphatic rings. The van der Waals surface area contributed by atoms with Crippen LogP contribution in [-0.4, -0.2) is 24.8 Å². The van der Waals surface area contributed by atoms with Gasteiger partial charge in [0.15, 0.2) is 12.4 Å². The minimum Gasteiger partial charge on any atom is -0.494 e. The van der Waals surface area contributed by atoms with Crippen LogP contribution >= 0.6 is 67.8 Å². The Kier molecular flexibility index (Phi) is 5.84. The first-order valence-corrected chi connectivity index (χ1v) is 7.27. The fraction of sp³-hybridized carbons (Fsp3) is 0.222. The van der Waals surface area contributed by atoms with Crippen molar-refractivity contribution >= 4 is 73.7 Å². The number of carboxylic acid groups (broad SMARTS) is 1. The quantitative estimate of drug-likeness (QED) is 0.577. The van der Waals surface area contributed by atoms with Crippen LogP contribution in [0.25, 0.3) is 0 Å². The summed E-state index contributed by atoms with van der Waals surface area (Å²) in [6.07, 6.45) is 0. The zero-order chi connectivity index (χ0) is 12.3. The number of rotatable bonds is 4. The van der Waals surface area contributed by atoms with E-state index in [1.165, 1.54) is 0 Å². The number of carbonyl (C=O) groups is 1. The average molecular weight is 560 g/mol. The normalized spacial score (nSPS) is 10.0. The third kappa shape index (κ3) is 3.48. The summed E-state index contributed by atoms with van der Waals surface area (Å²) >= 11 is 6.36. The summed E-state index contributed by atoms with van der Waals surface area (Å²) in [6, 6.07) is 1.89. The predicted molar refractivity (Wildman–Crippen MR) is 84.3 cm³/mol. The number of benzene rings is 1. The number of hydrogen-bond donors (Lipinski definition) is 1. The fourth-order valence-electron chi connectivity index (χ4n) is 1.01. The van der Waals surface area contributed by atoms with Crippen molar-refractivity contribution in [2.75, 3.05) is 13.7 Å². The van der Waals surface area contributed by atoms with Gasteiger partial charge in [0.05, 0.1) is 17.8 Å². The zero-order valence-electron chi connectivity index (χ0n) is 8.09. The lowest BCUT2D eigenvalue weighted by molar-refractivity contribution is -0.139. The standard InChI is InChI=1S/C9H7I3O4/c1-15-8-4(10)2-5(11)9(7(8)12)16-3-6(13)14/h2H,3H2,1H3,(H,13,14). The molecular weight excluding hydrogens is 553 g/mol. The highest BCUT2D eigenvalue weighted by atomic mass is 127. The van der Waals surface area contributed by atoms with Crippen LogP contribution in [-0.2, 0) is 4.79 Å². The van der Waals surface area contributed by atoms with Gasteiger partial charge in [-0.3, -0.25) is 0 Å². The van der Waals surface area contributed by atoms with Gasteiger partial charge in [0, 0.05) is 0 Å². The van der Waals surface area contributed by atoms with Gasteiger partial charge in [-0.05, 0) is 73.8 Å². The summed E-state index contributed by atoms with van der Waals surface area (Å²) in [5.41, 5.74) is 0. The van der Waals surface area contributed by atoms with Gasteiger partial charge in [0.1, 0.15) is 5.75 Å². The molecule has 1 rings (SSSR count). The minimum atomic E-state index is -0.996. The third-order valence-electron chi connectivity index (χ3n) is 1.63. The van der Waals surface area contributed by atoms with E-state index in [1.807, 2.05) is 6.07 Å². The third-order valence-corrected chi connectivity index (χ3v) is 4.21. The maximum atomic E-state index is 10.5. The Morgan fingerprint density at radius 1 is 1.31 bits per heavy atom. The van der Waals surface area contributed by atoms with Gasteiger partial charge < -0.3 is 14.6 Å². The van der Waals surface area contributed by atoms with Crippen molar-refractivity contribution in [3.8, 4) is 11.5 Å². The number of methoxy groups -OCH3 is 1. The van der Waals surface area contributed by atoms with E-state index in [-0.39, 0.29) is 6.61 Å². The van der Waals surface area contributed by atoms with Crippen LogP contribution in [0.5, 0.6) is 11.5 Å². The predicted octanol–water partition coefficient (Wildman–Crippen LogP) is 2.97. The summed E-state index contributed by atoms with van der Waals surface area (Å²) in [5, 5.41) is 8.58. The second-order valence-corrected chi connectivity index (χ2v) is 6.10. The van der Waals surface area contributed by atoms with Crippen LogP contribution in [0, 0.1) is 10.7 Å². The van der Waals surface area contributed by atoms with Crippen molar-refractivity contribution < 1.29 is 19.4 Å². The molecule has 0 aliphatic carbocycles. The van der Waals surface area contributed by atoms with Gasteiger partial charge in [0.25, 0.3) is 0 Å².